The molecule has 4 aromatic rings. The Balaban J connectivity index is 1.40. The highest BCUT2D eigenvalue weighted by molar-refractivity contribution is 6.02. The van der Waals surface area contributed by atoms with Crippen LogP contribution in [0.3, 0.4) is 0 Å². The van der Waals surface area contributed by atoms with Crippen molar-refractivity contribution in [3.05, 3.63) is 101 Å². The van der Waals surface area contributed by atoms with Crippen molar-refractivity contribution in [1.29, 1.82) is 0 Å². The predicted molar refractivity (Wildman–Crippen MR) is 105 cm³/mol. The number of aromatic nitrogens is 2. The van der Waals surface area contributed by atoms with Gasteiger partial charge in [-0.1, -0.05) is 12.1 Å². The molecule has 0 bridgehead atoms. The third-order valence-corrected chi connectivity index (χ3v) is 4.40. The zero-order valence-corrected chi connectivity index (χ0v) is 16.3. The fraction of sp³-hybridized carbons (Fsp3) is 0.0909. The Labute approximate surface area is 179 Å². The molecule has 0 aliphatic heterocycles. The van der Waals surface area contributed by atoms with Crippen molar-refractivity contribution in [2.24, 2.45) is 0 Å². The lowest BCUT2D eigenvalue weighted by Crippen LogP contribution is -2.11. The minimum Gasteiger partial charge on any atom is -0.479 e. The normalized spacial score (nSPS) is 10.9. The number of anilines is 1. The fourth-order valence-corrected chi connectivity index (χ4v) is 2.92. The van der Waals surface area contributed by atoms with Gasteiger partial charge in [0.25, 0.3) is 5.91 Å². The average Bonchev–Trinajstić information content (AvgIpc) is 3.45. The maximum Gasteiger partial charge on any atom is 0.291 e. The highest BCUT2D eigenvalue weighted by atomic mass is 19.2. The Bertz CT molecular complexity index is 1230. The molecule has 0 fully saturated rings. The molecule has 1 amide bonds. The summed E-state index contributed by atoms with van der Waals surface area (Å²) in [6.07, 6.45) is 3.48. The van der Waals surface area contributed by atoms with Crippen LogP contribution in [-0.2, 0) is 13.2 Å². The number of carbonyl (C=O) groups is 1. The molecule has 10 heteroatoms. The summed E-state index contributed by atoms with van der Waals surface area (Å²) in [6.45, 7) is -0.0316. The van der Waals surface area contributed by atoms with E-state index >= 15 is 0 Å². The number of rotatable bonds is 7. The molecule has 0 atom stereocenters. The summed E-state index contributed by atoms with van der Waals surface area (Å²) in [6, 6.07) is 11.7. The van der Waals surface area contributed by atoms with E-state index in [0.29, 0.717) is 12.2 Å². The maximum absolute atomic E-state index is 13.7. The van der Waals surface area contributed by atoms with Crippen LogP contribution in [0, 0.1) is 23.3 Å². The van der Waals surface area contributed by atoms with Crippen LogP contribution < -0.4 is 10.1 Å². The van der Waals surface area contributed by atoms with E-state index in [0.717, 1.165) is 5.56 Å². The molecule has 6 nitrogen and oxygen atoms in total. The zero-order valence-electron chi connectivity index (χ0n) is 16.3. The maximum atomic E-state index is 13.7. The first-order chi connectivity index (χ1) is 15.4. The number of ether oxygens (including phenoxy) is 1. The van der Waals surface area contributed by atoms with Gasteiger partial charge in [-0.25, -0.2) is 8.78 Å². The van der Waals surface area contributed by atoms with Gasteiger partial charge in [0.1, 0.15) is 12.4 Å². The van der Waals surface area contributed by atoms with Crippen molar-refractivity contribution in [3.8, 4) is 5.75 Å². The van der Waals surface area contributed by atoms with Crippen LogP contribution in [0.15, 0.2) is 65.3 Å². The molecule has 0 radical (unpaired) electrons. The Kier molecular flexibility index (Phi) is 5.93. The van der Waals surface area contributed by atoms with E-state index in [-0.39, 0.29) is 17.6 Å². The number of nitrogens with one attached hydrogen (secondary N) is 1. The summed E-state index contributed by atoms with van der Waals surface area (Å²) in [7, 11) is 0. The molecule has 164 valence electrons. The number of furan rings is 1. The molecular formula is C22H15F4N3O3. The first kappa shape index (κ1) is 21.2. The number of hydrogen-bond acceptors (Lipinski definition) is 4. The third-order valence-electron chi connectivity index (χ3n) is 4.40. The molecular weight excluding hydrogens is 430 g/mol. The second kappa shape index (κ2) is 8.96. The van der Waals surface area contributed by atoms with Crippen LogP contribution in [0.25, 0.3) is 0 Å². The van der Waals surface area contributed by atoms with Crippen molar-refractivity contribution in [2.45, 2.75) is 13.2 Å². The van der Waals surface area contributed by atoms with Gasteiger partial charge < -0.3 is 14.5 Å². The molecule has 0 unspecified atom stereocenters. The molecule has 1 N–H and O–H groups in total. The van der Waals surface area contributed by atoms with E-state index in [4.69, 9.17) is 9.15 Å². The van der Waals surface area contributed by atoms with Crippen LogP contribution in [0.4, 0.5) is 23.2 Å². The van der Waals surface area contributed by atoms with E-state index < -0.39 is 41.5 Å². The summed E-state index contributed by atoms with van der Waals surface area (Å²) in [5.41, 5.74) is 1.43. The predicted octanol–water partition coefficient (Wildman–Crippen LogP) is 4.91. The van der Waals surface area contributed by atoms with Crippen LogP contribution in [0.2, 0.25) is 0 Å². The van der Waals surface area contributed by atoms with Crippen LogP contribution in [0.5, 0.6) is 5.75 Å². The average molecular weight is 445 g/mol. The summed E-state index contributed by atoms with van der Waals surface area (Å²) >= 11 is 0. The molecule has 0 saturated carbocycles. The first-order valence-electron chi connectivity index (χ1n) is 9.33. The number of nitrogens with zero attached hydrogens (tertiary/aromatic N) is 2. The standard InChI is InChI=1S/C22H15F4N3O3/c23-16-10-17(24)20(26)21(19(16)25)31-12-15-5-6-18(32-15)22(30)28-14-4-1-3-13(9-14)11-29-8-2-7-27-29/h1-10H,11-12H2,(H,28,30). The van der Waals surface area contributed by atoms with Crippen molar-refractivity contribution in [1.82, 2.24) is 9.78 Å². The van der Waals surface area contributed by atoms with Gasteiger partial charge in [0, 0.05) is 24.1 Å². The topological polar surface area (TPSA) is 69.3 Å². The van der Waals surface area contributed by atoms with E-state index in [1.807, 2.05) is 12.3 Å². The van der Waals surface area contributed by atoms with Gasteiger partial charge in [-0.15, -0.1) is 0 Å². The van der Waals surface area contributed by atoms with E-state index in [9.17, 15) is 22.4 Å². The Morgan fingerprint density at radius 2 is 1.81 bits per heavy atom. The highest BCUT2D eigenvalue weighted by Gasteiger charge is 2.21. The molecule has 0 spiro atoms. The van der Waals surface area contributed by atoms with Gasteiger partial charge in [0.2, 0.25) is 11.6 Å². The van der Waals surface area contributed by atoms with Gasteiger partial charge >= 0.3 is 0 Å². The Morgan fingerprint density at radius 3 is 2.53 bits per heavy atom. The fourth-order valence-electron chi connectivity index (χ4n) is 2.92. The van der Waals surface area contributed by atoms with Crippen molar-refractivity contribution < 1.29 is 31.5 Å². The van der Waals surface area contributed by atoms with Crippen molar-refractivity contribution in [3.63, 3.8) is 0 Å². The number of amides is 1. The quantitative estimate of drug-likeness (QED) is 0.324. The molecule has 4 rings (SSSR count). The van der Waals surface area contributed by atoms with Crippen LogP contribution in [-0.4, -0.2) is 15.7 Å². The first-order valence-corrected chi connectivity index (χ1v) is 9.33. The molecule has 2 aromatic heterocycles. The summed E-state index contributed by atoms with van der Waals surface area (Å²) < 4.78 is 65.7. The van der Waals surface area contributed by atoms with Gasteiger partial charge in [-0.05, 0) is 35.9 Å². The van der Waals surface area contributed by atoms with E-state index in [1.54, 1.807) is 35.1 Å². The minimum absolute atomic E-state index is 0.0195. The monoisotopic (exact) mass is 445 g/mol. The summed E-state index contributed by atoms with van der Waals surface area (Å²) in [4.78, 5) is 12.4. The lowest BCUT2D eigenvalue weighted by molar-refractivity contribution is 0.0992. The second-order valence-corrected chi connectivity index (χ2v) is 6.71. The number of carbonyl (C=O) groups excluding carboxylic acids is 1. The molecule has 2 aromatic carbocycles. The summed E-state index contributed by atoms with van der Waals surface area (Å²) in [5.74, 6) is -8.35. The lowest BCUT2D eigenvalue weighted by atomic mass is 10.2. The van der Waals surface area contributed by atoms with Gasteiger partial charge in [0.15, 0.2) is 23.1 Å². The smallest absolute Gasteiger partial charge is 0.291 e. The number of benzene rings is 2. The largest absolute Gasteiger partial charge is 0.479 e. The highest BCUT2D eigenvalue weighted by Crippen LogP contribution is 2.27. The van der Waals surface area contributed by atoms with Crippen molar-refractivity contribution in [2.75, 3.05) is 5.32 Å². The Hall–Kier alpha value is -4.08. The SMILES string of the molecule is O=C(Nc1cccc(Cn2cccn2)c1)c1ccc(COc2c(F)c(F)cc(F)c2F)o1. The second-order valence-electron chi connectivity index (χ2n) is 6.71. The molecule has 2 heterocycles. The van der Waals surface area contributed by atoms with Gasteiger partial charge in [-0.3, -0.25) is 9.48 Å². The molecule has 32 heavy (non-hydrogen) atoms. The van der Waals surface area contributed by atoms with Gasteiger partial charge in [-0.2, -0.15) is 13.9 Å². The van der Waals surface area contributed by atoms with Crippen LogP contribution in [0.1, 0.15) is 21.9 Å². The number of hydrogen-bond donors (Lipinski definition) is 1. The third kappa shape index (κ3) is 4.64. The summed E-state index contributed by atoms with van der Waals surface area (Å²) in [5, 5.41) is 6.80. The minimum atomic E-state index is -1.66. The zero-order chi connectivity index (χ0) is 22.7. The lowest BCUT2D eigenvalue weighted by Gasteiger charge is -2.08. The molecule has 0 saturated heterocycles. The van der Waals surface area contributed by atoms with Gasteiger partial charge in [0.05, 0.1) is 6.54 Å². The van der Waals surface area contributed by atoms with E-state index in [1.165, 1.54) is 12.1 Å². The Morgan fingerprint density at radius 1 is 1.03 bits per heavy atom. The molecule has 0 aliphatic carbocycles. The van der Waals surface area contributed by atoms with Crippen molar-refractivity contribution >= 4 is 11.6 Å². The number of halogens is 4. The van der Waals surface area contributed by atoms with E-state index in [2.05, 4.69) is 10.4 Å². The van der Waals surface area contributed by atoms with Crippen LogP contribution >= 0.6 is 0 Å². The molecule has 0 aliphatic rings.